The van der Waals surface area contributed by atoms with Crippen LogP contribution in [0, 0.1) is 0 Å². The van der Waals surface area contributed by atoms with Crippen LogP contribution in [0.2, 0.25) is 0 Å². The van der Waals surface area contributed by atoms with Crippen molar-refractivity contribution in [3.63, 3.8) is 0 Å². The second-order valence-corrected chi connectivity index (χ2v) is 7.22. The predicted octanol–water partition coefficient (Wildman–Crippen LogP) is 0.961. The van der Waals surface area contributed by atoms with E-state index in [9.17, 15) is 0 Å². The van der Waals surface area contributed by atoms with Crippen molar-refractivity contribution in [2.75, 3.05) is 51.4 Å². The predicted molar refractivity (Wildman–Crippen MR) is 78.9 cm³/mol. The van der Waals surface area contributed by atoms with Gasteiger partial charge in [-0.05, 0) is 32.1 Å². The monoisotopic (exact) mass is 286 g/mol. The Morgan fingerprint density at radius 3 is 3.11 bits per heavy atom. The summed E-state index contributed by atoms with van der Waals surface area (Å²) in [5, 5.41) is 3.41. The molecule has 110 valence electrons. The standard InChI is InChI=1S/C14H26N2O2S/c1-16(10-13-9-15-4-6-17-13)12-2-5-18-14(8-12)3-7-19-11-14/h12-13,15H,2-11H2,1H3. The fourth-order valence-electron chi connectivity index (χ4n) is 3.45. The molecule has 1 spiro atoms. The summed E-state index contributed by atoms with van der Waals surface area (Å²) in [5.74, 6) is 2.46. The average Bonchev–Trinajstić information content (AvgIpc) is 2.88. The van der Waals surface area contributed by atoms with Crippen molar-refractivity contribution < 1.29 is 9.47 Å². The van der Waals surface area contributed by atoms with Crippen LogP contribution in [-0.2, 0) is 9.47 Å². The summed E-state index contributed by atoms with van der Waals surface area (Å²) < 4.78 is 11.9. The van der Waals surface area contributed by atoms with Gasteiger partial charge < -0.3 is 19.7 Å². The van der Waals surface area contributed by atoms with Crippen molar-refractivity contribution in [2.24, 2.45) is 0 Å². The lowest BCUT2D eigenvalue weighted by Gasteiger charge is -2.42. The Morgan fingerprint density at radius 1 is 1.42 bits per heavy atom. The van der Waals surface area contributed by atoms with Crippen LogP contribution in [-0.4, -0.2) is 74.0 Å². The Hall–Kier alpha value is 0.190. The van der Waals surface area contributed by atoms with E-state index in [4.69, 9.17) is 9.47 Å². The molecule has 3 unspecified atom stereocenters. The quantitative estimate of drug-likeness (QED) is 0.836. The lowest BCUT2D eigenvalue weighted by Crippen LogP contribution is -2.51. The average molecular weight is 286 g/mol. The second kappa shape index (κ2) is 6.31. The van der Waals surface area contributed by atoms with Gasteiger partial charge in [0.05, 0.1) is 18.3 Å². The first kappa shape index (κ1) is 14.1. The number of hydrogen-bond acceptors (Lipinski definition) is 5. The molecule has 0 amide bonds. The summed E-state index contributed by atoms with van der Waals surface area (Å²) in [4.78, 5) is 2.50. The van der Waals surface area contributed by atoms with Crippen LogP contribution in [0.3, 0.4) is 0 Å². The molecule has 3 fully saturated rings. The highest BCUT2D eigenvalue weighted by atomic mass is 32.2. The Morgan fingerprint density at radius 2 is 2.37 bits per heavy atom. The van der Waals surface area contributed by atoms with Crippen LogP contribution < -0.4 is 5.32 Å². The number of rotatable bonds is 3. The van der Waals surface area contributed by atoms with Crippen molar-refractivity contribution in [1.82, 2.24) is 10.2 Å². The molecule has 3 heterocycles. The van der Waals surface area contributed by atoms with Gasteiger partial charge in [0, 0.05) is 38.0 Å². The largest absolute Gasteiger partial charge is 0.374 e. The Labute approximate surface area is 120 Å². The third-order valence-electron chi connectivity index (χ3n) is 4.65. The molecule has 0 radical (unpaired) electrons. The lowest BCUT2D eigenvalue weighted by molar-refractivity contribution is -0.0929. The topological polar surface area (TPSA) is 33.7 Å². The molecule has 5 heteroatoms. The van der Waals surface area contributed by atoms with Crippen LogP contribution in [0.15, 0.2) is 0 Å². The lowest BCUT2D eigenvalue weighted by atomic mass is 9.89. The number of nitrogens with one attached hydrogen (secondary N) is 1. The first-order valence-corrected chi connectivity index (χ1v) is 8.67. The van der Waals surface area contributed by atoms with Gasteiger partial charge in [0.1, 0.15) is 0 Å². The first-order chi connectivity index (χ1) is 9.27. The van der Waals surface area contributed by atoms with E-state index in [-0.39, 0.29) is 5.60 Å². The van der Waals surface area contributed by atoms with Crippen LogP contribution in [0.5, 0.6) is 0 Å². The van der Waals surface area contributed by atoms with Crippen molar-refractivity contribution in [2.45, 2.75) is 37.0 Å². The molecule has 3 saturated heterocycles. The van der Waals surface area contributed by atoms with E-state index in [1.807, 2.05) is 0 Å². The Balaban J connectivity index is 1.52. The Bertz CT molecular complexity index is 291. The summed E-state index contributed by atoms with van der Waals surface area (Å²) in [6, 6.07) is 0.665. The van der Waals surface area contributed by atoms with Crippen molar-refractivity contribution in [3.05, 3.63) is 0 Å². The molecule has 3 aliphatic heterocycles. The zero-order chi connectivity index (χ0) is 13.1. The number of hydrogen-bond donors (Lipinski definition) is 1. The van der Waals surface area contributed by atoms with Gasteiger partial charge in [-0.2, -0.15) is 11.8 Å². The van der Waals surface area contributed by atoms with E-state index in [2.05, 4.69) is 29.0 Å². The molecule has 0 aromatic heterocycles. The third-order valence-corrected chi connectivity index (χ3v) is 5.88. The SMILES string of the molecule is CN(CC1CNCCO1)C1CCOC2(CCSC2)C1. The minimum absolute atomic E-state index is 0.188. The zero-order valence-electron chi connectivity index (χ0n) is 11.9. The highest BCUT2D eigenvalue weighted by molar-refractivity contribution is 7.99. The van der Waals surface area contributed by atoms with Gasteiger partial charge in [-0.15, -0.1) is 0 Å². The van der Waals surface area contributed by atoms with Crippen molar-refractivity contribution >= 4 is 11.8 Å². The molecule has 3 aliphatic rings. The molecule has 3 rings (SSSR count). The highest BCUT2D eigenvalue weighted by Crippen LogP contribution is 2.39. The normalized spacial score (nSPS) is 40.1. The molecule has 0 saturated carbocycles. The number of ether oxygens (including phenoxy) is 2. The van der Waals surface area contributed by atoms with Crippen LogP contribution in [0.1, 0.15) is 19.3 Å². The van der Waals surface area contributed by atoms with Gasteiger partial charge in [0.2, 0.25) is 0 Å². The molecule has 0 aromatic carbocycles. The van der Waals surface area contributed by atoms with E-state index in [0.717, 1.165) is 32.8 Å². The molecular formula is C14H26N2O2S. The van der Waals surface area contributed by atoms with Crippen LogP contribution in [0.25, 0.3) is 0 Å². The minimum Gasteiger partial charge on any atom is -0.374 e. The smallest absolute Gasteiger partial charge is 0.0826 e. The zero-order valence-corrected chi connectivity index (χ0v) is 12.7. The van der Waals surface area contributed by atoms with Gasteiger partial charge in [0.15, 0.2) is 0 Å². The Kier molecular flexibility index (Phi) is 4.70. The van der Waals surface area contributed by atoms with E-state index in [1.54, 1.807) is 0 Å². The summed E-state index contributed by atoms with van der Waals surface area (Å²) in [6.45, 7) is 4.82. The molecule has 0 aliphatic carbocycles. The maximum absolute atomic E-state index is 6.11. The van der Waals surface area contributed by atoms with Gasteiger partial charge >= 0.3 is 0 Å². The number of thioether (sulfide) groups is 1. The fraction of sp³-hybridized carbons (Fsp3) is 1.00. The number of likely N-dealkylation sites (N-methyl/N-ethyl adjacent to an activating group) is 1. The van der Waals surface area contributed by atoms with Crippen molar-refractivity contribution in [1.29, 1.82) is 0 Å². The van der Waals surface area contributed by atoms with E-state index >= 15 is 0 Å². The first-order valence-electron chi connectivity index (χ1n) is 7.52. The summed E-state index contributed by atoms with van der Waals surface area (Å²) >= 11 is 2.05. The van der Waals surface area contributed by atoms with Crippen LogP contribution >= 0.6 is 11.8 Å². The molecule has 0 bridgehead atoms. The third kappa shape index (κ3) is 3.45. The minimum atomic E-state index is 0.188. The second-order valence-electron chi connectivity index (χ2n) is 6.12. The molecule has 0 aromatic rings. The van der Waals surface area contributed by atoms with Crippen molar-refractivity contribution in [3.8, 4) is 0 Å². The fourth-order valence-corrected chi connectivity index (χ4v) is 4.83. The highest BCUT2D eigenvalue weighted by Gasteiger charge is 2.41. The van der Waals surface area contributed by atoms with Gasteiger partial charge in [-0.1, -0.05) is 0 Å². The maximum atomic E-state index is 6.11. The molecular weight excluding hydrogens is 260 g/mol. The van der Waals surface area contributed by atoms with Gasteiger partial charge in [-0.3, -0.25) is 0 Å². The van der Waals surface area contributed by atoms with Crippen LogP contribution in [0.4, 0.5) is 0 Å². The van der Waals surface area contributed by atoms with E-state index in [1.165, 1.54) is 30.8 Å². The molecule has 1 N–H and O–H groups in total. The molecule has 4 nitrogen and oxygen atoms in total. The van der Waals surface area contributed by atoms with E-state index in [0.29, 0.717) is 12.1 Å². The maximum Gasteiger partial charge on any atom is 0.0826 e. The summed E-state index contributed by atoms with van der Waals surface area (Å²) in [6.07, 6.45) is 3.97. The van der Waals surface area contributed by atoms with Gasteiger partial charge in [0.25, 0.3) is 0 Å². The summed E-state index contributed by atoms with van der Waals surface area (Å²) in [7, 11) is 2.25. The number of morpholine rings is 1. The molecule has 19 heavy (non-hydrogen) atoms. The number of nitrogens with zero attached hydrogens (tertiary/aromatic N) is 1. The van der Waals surface area contributed by atoms with E-state index < -0.39 is 0 Å². The van der Waals surface area contributed by atoms with Gasteiger partial charge in [-0.25, -0.2) is 0 Å². The molecule has 3 atom stereocenters. The summed E-state index contributed by atoms with van der Waals surface area (Å²) in [5.41, 5.74) is 0.188.